The molecule has 1 N–H and O–H groups in total. The van der Waals surface area contributed by atoms with Gasteiger partial charge in [-0.15, -0.1) is 11.3 Å². The first kappa shape index (κ1) is 23.7. The quantitative estimate of drug-likeness (QED) is 0.235. The molecule has 3 heterocycles. The fourth-order valence-electron chi connectivity index (χ4n) is 6.89. The van der Waals surface area contributed by atoms with E-state index in [1.165, 1.54) is 42.6 Å². The third-order valence-electron chi connectivity index (χ3n) is 8.82. The van der Waals surface area contributed by atoms with Gasteiger partial charge in [-0.2, -0.15) is 0 Å². The van der Waals surface area contributed by atoms with Gasteiger partial charge in [-0.1, -0.05) is 115 Å². The zero-order valence-electron chi connectivity index (χ0n) is 22.8. The van der Waals surface area contributed by atoms with Gasteiger partial charge in [0.05, 0.1) is 11.8 Å². The molecule has 5 aromatic carbocycles. The highest BCUT2D eigenvalue weighted by atomic mass is 32.1. The number of nitrogens with zero attached hydrogens (tertiary/aromatic N) is 2. The van der Waals surface area contributed by atoms with E-state index in [2.05, 4.69) is 150 Å². The second-order valence-corrected chi connectivity index (χ2v) is 12.3. The van der Waals surface area contributed by atoms with Crippen LogP contribution in [0.2, 0.25) is 0 Å². The van der Waals surface area contributed by atoms with Crippen molar-refractivity contribution in [2.24, 2.45) is 4.99 Å². The summed E-state index contributed by atoms with van der Waals surface area (Å²) < 4.78 is 2.67. The topological polar surface area (TPSA) is 27.6 Å². The van der Waals surface area contributed by atoms with E-state index >= 15 is 0 Å². The number of anilines is 2. The van der Waals surface area contributed by atoms with Gasteiger partial charge in [-0.3, -0.25) is 0 Å². The molecule has 0 bridgehead atoms. The van der Waals surface area contributed by atoms with Crippen molar-refractivity contribution in [3.63, 3.8) is 0 Å². The average molecular weight is 558 g/mol. The van der Waals surface area contributed by atoms with E-state index in [0.29, 0.717) is 0 Å². The first-order valence-electron chi connectivity index (χ1n) is 14.5. The van der Waals surface area contributed by atoms with E-state index in [-0.39, 0.29) is 18.2 Å². The maximum absolute atomic E-state index is 5.45. The number of hydrogen-bond acceptors (Lipinski definition) is 4. The Morgan fingerprint density at radius 2 is 1.43 bits per heavy atom. The number of para-hydroxylation sites is 1. The Balaban J connectivity index is 1.25. The van der Waals surface area contributed by atoms with Gasteiger partial charge in [0.1, 0.15) is 0 Å². The van der Waals surface area contributed by atoms with Crippen LogP contribution < -0.4 is 10.2 Å². The first-order chi connectivity index (χ1) is 20.8. The smallest absolute Gasteiger partial charge is 0.197 e. The summed E-state index contributed by atoms with van der Waals surface area (Å²) in [4.78, 5) is 7.97. The van der Waals surface area contributed by atoms with E-state index in [1.54, 1.807) is 0 Å². The standard InChI is InChI=1S/C38H27N3S/c1-3-11-24(12-4-1)26-19-20-33-29(21-26)30-23-36-31(27-15-8-10-18-35(27)42-36)22-34(30)41(33)38-39-32-17-9-7-16-28(32)37(40-38)25-13-5-2-6-14-25/h1-23,29,33,38-39H. The van der Waals surface area contributed by atoms with Crippen LogP contribution in [0.25, 0.3) is 25.7 Å². The minimum absolute atomic E-state index is 0.152. The van der Waals surface area contributed by atoms with Crippen LogP contribution in [0.15, 0.2) is 145 Å². The summed E-state index contributed by atoms with van der Waals surface area (Å²) in [6, 6.07) is 43.6. The molecule has 9 rings (SSSR count). The summed E-state index contributed by atoms with van der Waals surface area (Å²) in [7, 11) is 0. The highest BCUT2D eigenvalue weighted by Crippen LogP contribution is 2.50. The van der Waals surface area contributed by atoms with E-state index in [0.717, 1.165) is 22.5 Å². The summed E-state index contributed by atoms with van der Waals surface area (Å²) in [6.45, 7) is 0. The lowest BCUT2D eigenvalue weighted by molar-refractivity contribution is 0.603. The zero-order chi connectivity index (χ0) is 27.6. The lowest BCUT2D eigenvalue weighted by Crippen LogP contribution is -2.47. The maximum atomic E-state index is 5.45. The number of allylic oxidation sites excluding steroid dienone is 2. The number of hydrogen-bond donors (Lipinski definition) is 1. The lowest BCUT2D eigenvalue weighted by Gasteiger charge is -2.38. The Hall–Kier alpha value is -4.93. The minimum Gasteiger partial charge on any atom is -0.346 e. The van der Waals surface area contributed by atoms with Crippen molar-refractivity contribution >= 4 is 54.2 Å². The van der Waals surface area contributed by atoms with Crippen LogP contribution in [0.1, 0.15) is 28.2 Å². The largest absolute Gasteiger partial charge is 0.346 e. The second-order valence-electron chi connectivity index (χ2n) is 11.2. The monoisotopic (exact) mass is 557 g/mol. The Morgan fingerprint density at radius 1 is 0.690 bits per heavy atom. The predicted molar refractivity (Wildman–Crippen MR) is 178 cm³/mol. The van der Waals surface area contributed by atoms with Crippen LogP contribution in [-0.2, 0) is 0 Å². The van der Waals surface area contributed by atoms with Crippen LogP contribution in [0.3, 0.4) is 0 Å². The minimum atomic E-state index is -0.248. The van der Waals surface area contributed by atoms with Gasteiger partial charge in [-0.25, -0.2) is 4.99 Å². The van der Waals surface area contributed by atoms with Crippen molar-refractivity contribution in [1.29, 1.82) is 0 Å². The van der Waals surface area contributed by atoms with Crippen molar-refractivity contribution < 1.29 is 0 Å². The van der Waals surface area contributed by atoms with Crippen molar-refractivity contribution in [3.05, 3.63) is 162 Å². The summed E-state index contributed by atoms with van der Waals surface area (Å²) >= 11 is 1.89. The number of thiophene rings is 1. The molecule has 3 unspecified atom stereocenters. The summed E-state index contributed by atoms with van der Waals surface area (Å²) in [6.07, 6.45) is 6.91. The van der Waals surface area contributed by atoms with Crippen LogP contribution >= 0.6 is 11.3 Å². The Labute approximate surface area is 248 Å². The fourth-order valence-corrected chi connectivity index (χ4v) is 8.03. The zero-order valence-corrected chi connectivity index (χ0v) is 23.6. The molecule has 1 aromatic heterocycles. The molecule has 1 aliphatic carbocycles. The molecule has 6 aromatic rings. The van der Waals surface area contributed by atoms with Crippen molar-refractivity contribution in [1.82, 2.24) is 0 Å². The summed E-state index contributed by atoms with van der Waals surface area (Å²) in [5.74, 6) is 0.226. The summed E-state index contributed by atoms with van der Waals surface area (Å²) in [5, 5.41) is 6.46. The average Bonchev–Trinajstić information content (AvgIpc) is 3.58. The van der Waals surface area contributed by atoms with E-state index in [1.807, 2.05) is 11.3 Å². The molecule has 200 valence electrons. The Morgan fingerprint density at radius 3 is 2.29 bits per heavy atom. The molecule has 3 nitrogen and oxygen atoms in total. The number of fused-ring (bicyclic) bond motifs is 7. The number of rotatable bonds is 3. The Kier molecular flexibility index (Phi) is 5.26. The molecular formula is C38H27N3S. The van der Waals surface area contributed by atoms with Crippen LogP contribution in [-0.4, -0.2) is 18.0 Å². The first-order valence-corrected chi connectivity index (χ1v) is 15.3. The van der Waals surface area contributed by atoms with E-state index in [4.69, 9.17) is 4.99 Å². The third-order valence-corrected chi connectivity index (χ3v) is 9.95. The summed E-state index contributed by atoms with van der Waals surface area (Å²) in [5.41, 5.74) is 9.57. The molecule has 3 atom stereocenters. The van der Waals surface area contributed by atoms with Gasteiger partial charge < -0.3 is 10.2 Å². The number of benzene rings is 5. The van der Waals surface area contributed by atoms with Gasteiger partial charge >= 0.3 is 0 Å². The molecule has 0 fully saturated rings. The molecule has 0 radical (unpaired) electrons. The highest BCUT2D eigenvalue weighted by Gasteiger charge is 2.42. The second kappa shape index (κ2) is 9.30. The van der Waals surface area contributed by atoms with Gasteiger partial charge in [-0.05, 0) is 41.0 Å². The molecule has 2 aliphatic heterocycles. The van der Waals surface area contributed by atoms with Crippen molar-refractivity contribution in [3.8, 4) is 0 Å². The predicted octanol–water partition coefficient (Wildman–Crippen LogP) is 9.23. The normalized spacial score (nSPS) is 20.5. The third kappa shape index (κ3) is 3.62. The molecule has 4 heteroatoms. The lowest BCUT2D eigenvalue weighted by atomic mass is 9.86. The molecule has 3 aliphatic rings. The number of aliphatic imine (C=N–C) groups is 1. The molecule has 0 saturated carbocycles. The van der Waals surface area contributed by atoms with E-state index in [9.17, 15) is 0 Å². The van der Waals surface area contributed by atoms with Gasteiger partial charge in [0.25, 0.3) is 0 Å². The fraction of sp³-hybridized carbons (Fsp3) is 0.0789. The number of nitrogens with one attached hydrogen (secondary N) is 1. The van der Waals surface area contributed by atoms with Gasteiger partial charge in [0.15, 0.2) is 6.29 Å². The van der Waals surface area contributed by atoms with Crippen molar-refractivity contribution in [2.45, 2.75) is 18.2 Å². The Bertz CT molecular complexity index is 2090. The van der Waals surface area contributed by atoms with E-state index < -0.39 is 0 Å². The molecule has 0 amide bonds. The van der Waals surface area contributed by atoms with Gasteiger partial charge in [0.2, 0.25) is 0 Å². The maximum Gasteiger partial charge on any atom is 0.197 e. The molecular weight excluding hydrogens is 531 g/mol. The van der Waals surface area contributed by atoms with Crippen molar-refractivity contribution in [2.75, 3.05) is 10.2 Å². The van der Waals surface area contributed by atoms with Crippen LogP contribution in [0.5, 0.6) is 0 Å². The van der Waals surface area contributed by atoms with Crippen LogP contribution in [0, 0.1) is 0 Å². The SMILES string of the molecule is C1=CC2C(C=C1c1ccccc1)c1cc3sc4ccccc4c3cc1N2C1N=C(c2ccccc2)c2ccccc2N1. The highest BCUT2D eigenvalue weighted by molar-refractivity contribution is 7.25. The molecule has 42 heavy (non-hydrogen) atoms. The molecule has 0 spiro atoms. The van der Waals surface area contributed by atoms with Crippen LogP contribution in [0.4, 0.5) is 11.4 Å². The molecule has 0 saturated heterocycles. The van der Waals surface area contributed by atoms with Gasteiger partial charge in [0, 0.05) is 48.6 Å².